The Morgan fingerprint density at radius 1 is 1.18 bits per heavy atom. The van der Waals surface area contributed by atoms with E-state index in [0.717, 1.165) is 6.07 Å². The minimum atomic E-state index is -4.34. The van der Waals surface area contributed by atoms with Crippen molar-refractivity contribution in [1.29, 1.82) is 0 Å². The van der Waals surface area contributed by atoms with Crippen LogP contribution in [0.5, 0.6) is 23.0 Å². The standard InChI is InChI=1S/C14H10O7S/c1-19-13-10-7-9(11(15)8-5-3-2-4-6-8)12(16)14(13)21-22(17,18)20-10/h2-7,16H,1H3. The summed E-state index contributed by atoms with van der Waals surface area (Å²) in [4.78, 5) is 12.4. The van der Waals surface area contributed by atoms with Crippen molar-refractivity contribution in [1.82, 2.24) is 0 Å². The summed E-state index contributed by atoms with van der Waals surface area (Å²) in [7, 11) is -3.09. The van der Waals surface area contributed by atoms with Crippen molar-refractivity contribution in [3.63, 3.8) is 0 Å². The number of hydrogen-bond donors (Lipinski definition) is 1. The van der Waals surface area contributed by atoms with Gasteiger partial charge in [-0.3, -0.25) is 4.79 Å². The van der Waals surface area contributed by atoms with E-state index in [1.165, 1.54) is 7.11 Å². The van der Waals surface area contributed by atoms with Crippen molar-refractivity contribution in [2.45, 2.75) is 0 Å². The first-order chi connectivity index (χ1) is 10.4. The number of benzene rings is 2. The highest BCUT2D eigenvalue weighted by molar-refractivity contribution is 7.82. The lowest BCUT2D eigenvalue weighted by atomic mass is 10.0. The van der Waals surface area contributed by atoms with Crippen LogP contribution < -0.4 is 13.1 Å². The fourth-order valence-corrected chi connectivity index (χ4v) is 2.82. The summed E-state index contributed by atoms with van der Waals surface area (Å²) in [6.45, 7) is 0. The molecule has 0 fully saturated rings. The Morgan fingerprint density at radius 3 is 2.50 bits per heavy atom. The average molecular weight is 322 g/mol. The van der Waals surface area contributed by atoms with Gasteiger partial charge < -0.3 is 18.2 Å². The second-order valence-corrected chi connectivity index (χ2v) is 5.55. The maximum atomic E-state index is 12.4. The van der Waals surface area contributed by atoms with Gasteiger partial charge in [-0.25, -0.2) is 0 Å². The molecule has 1 aliphatic heterocycles. The number of carbonyl (C=O) groups excluding carboxylic acids is 1. The molecule has 2 aromatic rings. The molecule has 1 aliphatic rings. The molecule has 114 valence electrons. The van der Waals surface area contributed by atoms with Crippen molar-refractivity contribution >= 4 is 16.2 Å². The van der Waals surface area contributed by atoms with Crippen LogP contribution in [0.25, 0.3) is 0 Å². The van der Waals surface area contributed by atoms with E-state index < -0.39 is 27.7 Å². The summed E-state index contributed by atoms with van der Waals surface area (Å²) in [5.41, 5.74) is 0.176. The van der Waals surface area contributed by atoms with Crippen molar-refractivity contribution in [2.24, 2.45) is 0 Å². The number of methoxy groups -OCH3 is 1. The monoisotopic (exact) mass is 322 g/mol. The molecule has 1 N–H and O–H groups in total. The number of ether oxygens (including phenoxy) is 1. The lowest BCUT2D eigenvalue weighted by Crippen LogP contribution is -2.22. The highest BCUT2D eigenvalue weighted by Gasteiger charge is 2.35. The largest absolute Gasteiger partial charge is 0.504 e. The molecule has 0 aliphatic carbocycles. The normalized spacial score (nSPS) is 14.6. The summed E-state index contributed by atoms with van der Waals surface area (Å²) >= 11 is 0. The number of phenolic OH excluding ortho intramolecular Hbond substituents is 1. The van der Waals surface area contributed by atoms with Crippen LogP contribution in [0.3, 0.4) is 0 Å². The molecule has 0 amide bonds. The van der Waals surface area contributed by atoms with Crippen LogP contribution in [0.15, 0.2) is 36.4 Å². The molecule has 2 aromatic carbocycles. The number of hydrogen-bond acceptors (Lipinski definition) is 7. The smallest absolute Gasteiger partial charge is 0.501 e. The molecule has 0 saturated heterocycles. The van der Waals surface area contributed by atoms with E-state index in [2.05, 4.69) is 8.37 Å². The Balaban J connectivity index is 2.18. The number of carbonyl (C=O) groups is 1. The van der Waals surface area contributed by atoms with Gasteiger partial charge in [0.25, 0.3) is 0 Å². The van der Waals surface area contributed by atoms with Crippen LogP contribution >= 0.6 is 0 Å². The first-order valence-corrected chi connectivity index (χ1v) is 7.44. The molecule has 7 nitrogen and oxygen atoms in total. The van der Waals surface area contributed by atoms with Gasteiger partial charge in [0.2, 0.25) is 11.5 Å². The number of phenols is 1. The molecule has 0 spiro atoms. The molecule has 3 rings (SSSR count). The fraction of sp³-hybridized carbons (Fsp3) is 0.0714. The predicted octanol–water partition coefficient (Wildman–Crippen LogP) is 1.65. The summed E-state index contributed by atoms with van der Waals surface area (Å²) in [5, 5.41) is 10.2. The molecule has 0 atom stereocenters. The summed E-state index contributed by atoms with van der Waals surface area (Å²) in [6.07, 6.45) is 0. The minimum absolute atomic E-state index is 0.100. The summed E-state index contributed by atoms with van der Waals surface area (Å²) < 4.78 is 37.0. The highest BCUT2D eigenvalue weighted by atomic mass is 32.3. The molecule has 8 heteroatoms. The molecule has 0 saturated carbocycles. The van der Waals surface area contributed by atoms with Gasteiger partial charge in [0.05, 0.1) is 12.7 Å². The third-order valence-electron chi connectivity index (χ3n) is 3.04. The van der Waals surface area contributed by atoms with Gasteiger partial charge in [0.15, 0.2) is 17.3 Å². The zero-order valence-electron chi connectivity index (χ0n) is 11.3. The van der Waals surface area contributed by atoms with Crippen LogP contribution in [-0.2, 0) is 10.4 Å². The van der Waals surface area contributed by atoms with E-state index in [9.17, 15) is 18.3 Å². The van der Waals surface area contributed by atoms with Crippen LogP contribution in [0, 0.1) is 0 Å². The first-order valence-electron chi connectivity index (χ1n) is 6.10. The van der Waals surface area contributed by atoms with Crippen molar-refractivity contribution in [3.8, 4) is 23.0 Å². The van der Waals surface area contributed by atoms with E-state index in [-0.39, 0.29) is 17.1 Å². The van der Waals surface area contributed by atoms with Crippen molar-refractivity contribution < 1.29 is 31.4 Å². The second kappa shape index (κ2) is 4.92. The average Bonchev–Trinajstić information content (AvgIpc) is 2.50. The number of aromatic hydroxyl groups is 1. The Morgan fingerprint density at radius 2 is 1.86 bits per heavy atom. The molecule has 22 heavy (non-hydrogen) atoms. The van der Waals surface area contributed by atoms with Crippen LogP contribution in [0.4, 0.5) is 0 Å². The quantitative estimate of drug-likeness (QED) is 0.858. The summed E-state index contributed by atoms with van der Waals surface area (Å²) in [6, 6.07) is 9.31. The van der Waals surface area contributed by atoms with E-state index >= 15 is 0 Å². The Kier molecular flexibility index (Phi) is 3.18. The zero-order chi connectivity index (χ0) is 15.9. The van der Waals surface area contributed by atoms with Crippen molar-refractivity contribution in [3.05, 3.63) is 47.5 Å². The van der Waals surface area contributed by atoms with E-state index in [1.807, 2.05) is 0 Å². The van der Waals surface area contributed by atoms with Gasteiger partial charge in [-0.1, -0.05) is 30.3 Å². The maximum absolute atomic E-state index is 12.4. The Bertz CT molecular complexity index is 857. The number of rotatable bonds is 3. The van der Waals surface area contributed by atoms with Gasteiger partial charge in [0, 0.05) is 11.6 Å². The van der Waals surface area contributed by atoms with Crippen molar-refractivity contribution in [2.75, 3.05) is 7.11 Å². The first kappa shape index (κ1) is 14.2. The van der Waals surface area contributed by atoms with Crippen LogP contribution in [0.1, 0.15) is 15.9 Å². The highest BCUT2D eigenvalue weighted by Crippen LogP contribution is 2.50. The zero-order valence-corrected chi connectivity index (χ0v) is 12.1. The SMILES string of the molecule is COc1c2cc(C(=O)c3ccccc3)c(O)c1OS(=O)(=O)O2. The molecule has 0 unspecified atom stereocenters. The molecular weight excluding hydrogens is 312 g/mol. The van der Waals surface area contributed by atoms with Gasteiger partial charge in [-0.05, 0) is 0 Å². The molecule has 0 radical (unpaired) electrons. The van der Waals surface area contributed by atoms with Gasteiger partial charge in [-0.2, -0.15) is 0 Å². The molecular formula is C14H10O7S. The van der Waals surface area contributed by atoms with E-state index in [1.54, 1.807) is 30.3 Å². The second-order valence-electron chi connectivity index (χ2n) is 4.40. The van der Waals surface area contributed by atoms with E-state index in [4.69, 9.17) is 4.74 Å². The topological polar surface area (TPSA) is 99.1 Å². The third-order valence-corrected chi connectivity index (χ3v) is 3.79. The Hall–Kier alpha value is -2.74. The third kappa shape index (κ3) is 2.23. The summed E-state index contributed by atoms with van der Waals surface area (Å²) in [5.74, 6) is -1.92. The fourth-order valence-electron chi connectivity index (χ4n) is 2.09. The molecule has 0 aromatic heterocycles. The van der Waals surface area contributed by atoms with Crippen LogP contribution in [-0.4, -0.2) is 26.4 Å². The maximum Gasteiger partial charge on any atom is 0.501 e. The molecule has 1 heterocycles. The number of ketones is 1. The van der Waals surface area contributed by atoms with Crippen LogP contribution in [0.2, 0.25) is 0 Å². The van der Waals surface area contributed by atoms with Gasteiger partial charge >= 0.3 is 10.4 Å². The van der Waals surface area contributed by atoms with Gasteiger partial charge in [0.1, 0.15) is 0 Å². The van der Waals surface area contributed by atoms with Gasteiger partial charge in [-0.15, -0.1) is 8.42 Å². The minimum Gasteiger partial charge on any atom is -0.504 e. The predicted molar refractivity (Wildman–Crippen MR) is 74.7 cm³/mol. The molecule has 2 bridgehead atoms. The lowest BCUT2D eigenvalue weighted by Gasteiger charge is -2.21. The Labute approximate surface area is 126 Å². The number of fused-ring (bicyclic) bond motifs is 2. The lowest BCUT2D eigenvalue weighted by molar-refractivity contribution is 0.103. The van der Waals surface area contributed by atoms with E-state index in [0.29, 0.717) is 5.56 Å².